The van der Waals surface area contributed by atoms with Crippen LogP contribution in [0.15, 0.2) is 18.2 Å². The average Bonchev–Trinajstić information content (AvgIpc) is 2.90. The third-order valence-electron chi connectivity index (χ3n) is 3.45. The summed E-state index contributed by atoms with van der Waals surface area (Å²) in [5.41, 5.74) is 5.96. The highest BCUT2D eigenvalue weighted by molar-refractivity contribution is 5.98. The highest BCUT2D eigenvalue weighted by Gasteiger charge is 2.29. The summed E-state index contributed by atoms with van der Waals surface area (Å²) in [6.07, 6.45) is 0.686. The molecule has 1 unspecified atom stereocenters. The van der Waals surface area contributed by atoms with Gasteiger partial charge in [-0.15, -0.1) is 0 Å². The van der Waals surface area contributed by atoms with Gasteiger partial charge in [-0.05, 0) is 25.5 Å². The Kier molecular flexibility index (Phi) is 4.52. The normalized spacial score (nSPS) is 17.6. The minimum Gasteiger partial charge on any atom is -0.505 e. The number of anilines is 1. The van der Waals surface area contributed by atoms with Crippen LogP contribution in [0.3, 0.4) is 0 Å². The Morgan fingerprint density at radius 1 is 1.48 bits per heavy atom. The molecule has 0 spiro atoms. The summed E-state index contributed by atoms with van der Waals surface area (Å²) >= 11 is 0. The van der Waals surface area contributed by atoms with E-state index in [1.165, 1.54) is 6.07 Å². The van der Waals surface area contributed by atoms with Gasteiger partial charge in [-0.2, -0.15) is 0 Å². The molecule has 3 amide bonds. The zero-order valence-corrected chi connectivity index (χ0v) is 11.9. The van der Waals surface area contributed by atoms with E-state index in [0.717, 1.165) is 0 Å². The number of nitrogens with zero attached hydrogens (tertiary/aromatic N) is 1. The van der Waals surface area contributed by atoms with Crippen molar-refractivity contribution in [2.75, 3.05) is 25.4 Å². The molecule has 7 heteroatoms. The maximum atomic E-state index is 12.4. The first-order valence-corrected chi connectivity index (χ1v) is 6.94. The zero-order valence-electron chi connectivity index (χ0n) is 11.9. The van der Waals surface area contributed by atoms with Crippen molar-refractivity contribution >= 4 is 17.6 Å². The van der Waals surface area contributed by atoms with Crippen molar-refractivity contribution in [3.05, 3.63) is 23.8 Å². The number of aromatic hydroxyl groups is 1. The SMILES string of the molecule is CCNC(=O)NC1CCN(C(=O)c2cccc(N)c2O)C1. The van der Waals surface area contributed by atoms with Crippen molar-refractivity contribution in [3.63, 3.8) is 0 Å². The summed E-state index contributed by atoms with van der Waals surface area (Å²) in [7, 11) is 0. The molecular weight excluding hydrogens is 272 g/mol. The Balaban J connectivity index is 1.99. The summed E-state index contributed by atoms with van der Waals surface area (Å²) < 4.78 is 0. The fourth-order valence-electron chi connectivity index (χ4n) is 2.36. The fraction of sp³-hybridized carbons (Fsp3) is 0.429. The van der Waals surface area contributed by atoms with Gasteiger partial charge in [0.15, 0.2) is 5.75 Å². The van der Waals surface area contributed by atoms with E-state index in [1.54, 1.807) is 17.0 Å². The Morgan fingerprint density at radius 3 is 2.95 bits per heavy atom. The van der Waals surface area contributed by atoms with E-state index in [1.807, 2.05) is 6.92 Å². The van der Waals surface area contributed by atoms with E-state index in [4.69, 9.17) is 5.73 Å². The molecule has 114 valence electrons. The molecule has 2 rings (SSSR count). The Bertz CT molecular complexity index is 547. The van der Waals surface area contributed by atoms with Gasteiger partial charge in [0.1, 0.15) is 0 Å². The number of nitrogen functional groups attached to an aromatic ring is 1. The molecule has 1 heterocycles. The smallest absolute Gasteiger partial charge is 0.315 e. The number of likely N-dealkylation sites (tertiary alicyclic amines) is 1. The number of nitrogens with one attached hydrogen (secondary N) is 2. The minimum atomic E-state index is -0.278. The molecule has 0 aliphatic carbocycles. The summed E-state index contributed by atoms with van der Waals surface area (Å²) in [4.78, 5) is 25.4. The predicted octanol–water partition coefficient (Wildman–Crippen LogP) is 0.508. The molecule has 7 nitrogen and oxygen atoms in total. The molecule has 1 aromatic rings. The highest BCUT2D eigenvalue weighted by atomic mass is 16.3. The van der Waals surface area contributed by atoms with Crippen molar-refractivity contribution < 1.29 is 14.7 Å². The van der Waals surface area contributed by atoms with E-state index < -0.39 is 0 Å². The van der Waals surface area contributed by atoms with Crippen LogP contribution in [0.25, 0.3) is 0 Å². The van der Waals surface area contributed by atoms with E-state index in [-0.39, 0.29) is 35.0 Å². The number of hydrogen-bond acceptors (Lipinski definition) is 4. The number of benzene rings is 1. The van der Waals surface area contributed by atoms with E-state index >= 15 is 0 Å². The first kappa shape index (κ1) is 15.0. The summed E-state index contributed by atoms with van der Waals surface area (Å²) in [6.45, 7) is 3.35. The van der Waals surface area contributed by atoms with E-state index in [2.05, 4.69) is 10.6 Å². The average molecular weight is 292 g/mol. The molecule has 1 aliphatic rings. The third-order valence-corrected chi connectivity index (χ3v) is 3.45. The van der Waals surface area contributed by atoms with Gasteiger partial charge in [0.25, 0.3) is 5.91 Å². The number of phenols is 1. The van der Waals surface area contributed by atoms with Crippen LogP contribution in [0.2, 0.25) is 0 Å². The highest BCUT2D eigenvalue weighted by Crippen LogP contribution is 2.26. The molecule has 1 aliphatic heterocycles. The summed E-state index contributed by atoms with van der Waals surface area (Å²) in [6, 6.07) is 4.39. The molecule has 0 radical (unpaired) electrons. The second-order valence-corrected chi connectivity index (χ2v) is 4.98. The molecule has 1 fully saturated rings. The summed E-state index contributed by atoms with van der Waals surface area (Å²) in [5, 5.41) is 15.3. The van der Waals surface area contributed by atoms with Crippen molar-refractivity contribution in [3.8, 4) is 5.75 Å². The van der Waals surface area contributed by atoms with Crippen molar-refractivity contribution in [2.24, 2.45) is 0 Å². The Hall–Kier alpha value is -2.44. The van der Waals surface area contributed by atoms with Crippen LogP contribution >= 0.6 is 0 Å². The van der Waals surface area contributed by atoms with Gasteiger partial charge in [-0.3, -0.25) is 4.79 Å². The topological polar surface area (TPSA) is 108 Å². The number of hydrogen-bond donors (Lipinski definition) is 4. The van der Waals surface area contributed by atoms with Crippen LogP contribution in [-0.2, 0) is 0 Å². The fourth-order valence-corrected chi connectivity index (χ4v) is 2.36. The molecule has 21 heavy (non-hydrogen) atoms. The van der Waals surface area contributed by atoms with Crippen LogP contribution in [0.1, 0.15) is 23.7 Å². The number of rotatable bonds is 3. The minimum absolute atomic E-state index is 0.0799. The van der Waals surface area contributed by atoms with Gasteiger partial charge < -0.3 is 26.4 Å². The largest absolute Gasteiger partial charge is 0.505 e. The lowest BCUT2D eigenvalue weighted by Gasteiger charge is -2.18. The second-order valence-electron chi connectivity index (χ2n) is 4.98. The lowest BCUT2D eigenvalue weighted by atomic mass is 10.1. The van der Waals surface area contributed by atoms with Crippen molar-refractivity contribution in [2.45, 2.75) is 19.4 Å². The third kappa shape index (κ3) is 3.36. The zero-order chi connectivity index (χ0) is 15.4. The molecule has 0 bridgehead atoms. The van der Waals surface area contributed by atoms with E-state index in [0.29, 0.717) is 26.1 Å². The quantitative estimate of drug-likeness (QED) is 0.481. The molecule has 1 saturated heterocycles. The molecule has 1 atom stereocenters. The Morgan fingerprint density at radius 2 is 2.24 bits per heavy atom. The van der Waals surface area contributed by atoms with E-state index in [9.17, 15) is 14.7 Å². The van der Waals surface area contributed by atoms with Gasteiger partial charge in [-0.1, -0.05) is 6.07 Å². The Labute approximate surface area is 123 Å². The van der Waals surface area contributed by atoms with Gasteiger partial charge in [-0.25, -0.2) is 4.79 Å². The lowest BCUT2D eigenvalue weighted by Crippen LogP contribution is -2.43. The predicted molar refractivity (Wildman–Crippen MR) is 79.0 cm³/mol. The number of amides is 3. The maximum Gasteiger partial charge on any atom is 0.315 e. The number of carbonyl (C=O) groups is 2. The van der Waals surface area contributed by atoms with Crippen molar-refractivity contribution in [1.82, 2.24) is 15.5 Å². The van der Waals surface area contributed by atoms with Gasteiger partial charge >= 0.3 is 6.03 Å². The number of para-hydroxylation sites is 1. The molecule has 1 aromatic carbocycles. The number of carbonyl (C=O) groups excluding carboxylic acids is 2. The molecule has 5 N–H and O–H groups in total. The lowest BCUT2D eigenvalue weighted by molar-refractivity contribution is 0.0786. The van der Waals surface area contributed by atoms with Gasteiger partial charge in [0.05, 0.1) is 11.3 Å². The monoisotopic (exact) mass is 292 g/mol. The molecule has 0 saturated carbocycles. The van der Waals surface area contributed by atoms with Crippen LogP contribution < -0.4 is 16.4 Å². The summed E-state index contributed by atoms with van der Waals surface area (Å²) in [5.74, 6) is -0.470. The van der Waals surface area contributed by atoms with Crippen LogP contribution in [0.5, 0.6) is 5.75 Å². The van der Waals surface area contributed by atoms with Gasteiger partial charge in [0, 0.05) is 25.7 Å². The molecular formula is C14H20N4O3. The number of phenolic OH excluding ortho intramolecular Hbond substituents is 1. The number of nitrogens with two attached hydrogens (primary N) is 1. The van der Waals surface area contributed by atoms with Crippen LogP contribution in [-0.4, -0.2) is 47.6 Å². The van der Waals surface area contributed by atoms with Crippen molar-refractivity contribution in [1.29, 1.82) is 0 Å². The van der Waals surface area contributed by atoms with Crippen LogP contribution in [0.4, 0.5) is 10.5 Å². The van der Waals surface area contributed by atoms with Gasteiger partial charge in [0.2, 0.25) is 0 Å². The first-order chi connectivity index (χ1) is 10.0. The van der Waals surface area contributed by atoms with Crippen LogP contribution in [0, 0.1) is 0 Å². The standard InChI is InChI=1S/C14H20N4O3/c1-2-16-14(21)17-9-6-7-18(8-9)13(20)10-4-3-5-11(15)12(10)19/h3-5,9,19H,2,6-8,15H2,1H3,(H2,16,17,21). The maximum absolute atomic E-state index is 12.4. The molecule has 0 aromatic heterocycles. The second kappa shape index (κ2) is 6.34. The first-order valence-electron chi connectivity index (χ1n) is 6.94. The number of urea groups is 1.